The zero-order valence-corrected chi connectivity index (χ0v) is 12.8. The molecule has 1 atom stereocenters. The van der Waals surface area contributed by atoms with E-state index in [0.29, 0.717) is 24.0 Å². The molecule has 0 aliphatic heterocycles. The second-order valence-corrected chi connectivity index (χ2v) is 6.82. The maximum absolute atomic E-state index is 10.6. The van der Waals surface area contributed by atoms with Crippen LogP contribution in [0.3, 0.4) is 0 Å². The maximum atomic E-state index is 10.6. The van der Waals surface area contributed by atoms with E-state index in [0.717, 1.165) is 6.42 Å². The van der Waals surface area contributed by atoms with Crippen LogP contribution in [0.5, 0.6) is 0 Å². The van der Waals surface area contributed by atoms with E-state index in [1.165, 1.54) is 0 Å². The molecule has 0 saturated carbocycles. The monoisotopic (exact) mass is 296 g/mol. The highest BCUT2D eigenvalue weighted by atomic mass is 32.2. The van der Waals surface area contributed by atoms with Crippen LogP contribution in [0, 0.1) is 0 Å². The Balaban J connectivity index is 3.96. The summed E-state index contributed by atoms with van der Waals surface area (Å²) >= 11 is 0. The highest BCUT2D eigenvalue weighted by Gasteiger charge is 2.21. The molecular formula is C12H26NO5S+. The third kappa shape index (κ3) is 12.2. The van der Waals surface area contributed by atoms with E-state index in [9.17, 15) is 13.5 Å². The molecule has 0 saturated heterocycles. The summed E-state index contributed by atoms with van der Waals surface area (Å²) in [5, 5.41) is 9.80. The summed E-state index contributed by atoms with van der Waals surface area (Å²) in [7, 11) is -0.106. The SMILES string of the molecule is CCC=COCC(O)C[N+](C)(C)CCCS(=O)(=O)O. The fourth-order valence-electron chi connectivity index (χ4n) is 1.72. The molecule has 0 aliphatic carbocycles. The molecule has 0 aliphatic rings. The summed E-state index contributed by atoms with van der Waals surface area (Å²) in [6, 6.07) is 0. The molecule has 0 amide bonds. The number of ether oxygens (including phenoxy) is 1. The summed E-state index contributed by atoms with van der Waals surface area (Å²) in [5.41, 5.74) is 0. The van der Waals surface area contributed by atoms with Crippen molar-refractivity contribution in [3.63, 3.8) is 0 Å². The Morgan fingerprint density at radius 2 is 2.00 bits per heavy atom. The van der Waals surface area contributed by atoms with Gasteiger partial charge in [-0.05, 0) is 6.42 Å². The van der Waals surface area contributed by atoms with Crippen molar-refractivity contribution in [1.82, 2.24) is 0 Å². The van der Waals surface area contributed by atoms with Crippen molar-refractivity contribution in [3.8, 4) is 0 Å². The molecule has 19 heavy (non-hydrogen) atoms. The van der Waals surface area contributed by atoms with E-state index in [-0.39, 0.29) is 12.4 Å². The predicted molar refractivity (Wildman–Crippen MR) is 74.3 cm³/mol. The van der Waals surface area contributed by atoms with E-state index < -0.39 is 16.2 Å². The van der Waals surface area contributed by atoms with Crippen molar-refractivity contribution < 1.29 is 27.3 Å². The van der Waals surface area contributed by atoms with Crippen LogP contribution in [-0.2, 0) is 14.9 Å². The van der Waals surface area contributed by atoms with Gasteiger partial charge in [0.1, 0.15) is 19.3 Å². The Hall–Kier alpha value is -0.630. The van der Waals surface area contributed by atoms with E-state index in [4.69, 9.17) is 9.29 Å². The van der Waals surface area contributed by atoms with Gasteiger partial charge in [-0.25, -0.2) is 0 Å². The highest BCUT2D eigenvalue weighted by Crippen LogP contribution is 2.04. The fourth-order valence-corrected chi connectivity index (χ4v) is 2.21. The number of rotatable bonds is 10. The Kier molecular flexibility index (Phi) is 8.24. The first-order valence-electron chi connectivity index (χ1n) is 6.38. The number of aliphatic hydroxyl groups is 1. The number of likely N-dealkylation sites (N-methyl/N-ethyl adjacent to an activating group) is 1. The Bertz CT molecular complexity index is 364. The molecule has 1 unspecified atom stereocenters. The number of nitrogens with zero attached hydrogens (tertiary/aromatic N) is 1. The molecule has 7 heteroatoms. The normalized spacial score (nSPS) is 14.8. The van der Waals surface area contributed by atoms with Gasteiger partial charge in [0, 0.05) is 6.42 Å². The van der Waals surface area contributed by atoms with Gasteiger partial charge in [0.25, 0.3) is 10.1 Å². The largest absolute Gasteiger partial charge is 0.499 e. The number of allylic oxidation sites excluding steroid dienone is 1. The van der Waals surface area contributed by atoms with Gasteiger partial charge in [0.05, 0.1) is 32.7 Å². The molecule has 0 fully saturated rings. The molecule has 0 spiro atoms. The van der Waals surface area contributed by atoms with Gasteiger partial charge in [0.15, 0.2) is 0 Å². The molecule has 2 N–H and O–H groups in total. The van der Waals surface area contributed by atoms with Crippen LogP contribution in [0.4, 0.5) is 0 Å². The molecule has 114 valence electrons. The van der Waals surface area contributed by atoms with Crippen LogP contribution in [-0.4, -0.2) is 68.2 Å². The van der Waals surface area contributed by atoms with Crippen LogP contribution < -0.4 is 0 Å². The molecule has 6 nitrogen and oxygen atoms in total. The van der Waals surface area contributed by atoms with Gasteiger partial charge in [-0.1, -0.05) is 13.0 Å². The summed E-state index contributed by atoms with van der Waals surface area (Å²) in [4.78, 5) is 0. The highest BCUT2D eigenvalue weighted by molar-refractivity contribution is 7.85. The van der Waals surface area contributed by atoms with Crippen molar-refractivity contribution in [2.45, 2.75) is 25.9 Å². The molecule has 0 radical (unpaired) electrons. The minimum Gasteiger partial charge on any atom is -0.499 e. The number of hydrogen-bond donors (Lipinski definition) is 2. The van der Waals surface area contributed by atoms with Gasteiger partial charge in [0.2, 0.25) is 0 Å². The van der Waals surface area contributed by atoms with E-state index >= 15 is 0 Å². The molecule has 0 rings (SSSR count). The lowest BCUT2D eigenvalue weighted by Gasteiger charge is -2.31. The van der Waals surface area contributed by atoms with Crippen LogP contribution in [0.15, 0.2) is 12.3 Å². The second kappa shape index (κ2) is 8.52. The van der Waals surface area contributed by atoms with Crippen LogP contribution >= 0.6 is 0 Å². The predicted octanol–water partition coefficient (Wildman–Crippen LogP) is 0.642. The Morgan fingerprint density at radius 1 is 1.37 bits per heavy atom. The van der Waals surface area contributed by atoms with E-state index in [1.54, 1.807) is 6.26 Å². The number of aliphatic hydroxyl groups excluding tert-OH is 1. The first-order valence-corrected chi connectivity index (χ1v) is 7.99. The zero-order chi connectivity index (χ0) is 14.9. The zero-order valence-electron chi connectivity index (χ0n) is 11.9. The van der Waals surface area contributed by atoms with Crippen molar-refractivity contribution in [1.29, 1.82) is 0 Å². The molecular weight excluding hydrogens is 270 g/mol. The second-order valence-electron chi connectivity index (χ2n) is 5.25. The first-order chi connectivity index (χ1) is 8.66. The molecule has 0 aromatic heterocycles. The van der Waals surface area contributed by atoms with Gasteiger partial charge >= 0.3 is 0 Å². The number of quaternary nitrogens is 1. The lowest BCUT2D eigenvalue weighted by Crippen LogP contribution is -2.47. The van der Waals surface area contributed by atoms with Crippen molar-refractivity contribution in [2.24, 2.45) is 0 Å². The lowest BCUT2D eigenvalue weighted by molar-refractivity contribution is -0.893. The molecule has 0 heterocycles. The Morgan fingerprint density at radius 3 is 2.53 bits per heavy atom. The smallest absolute Gasteiger partial charge is 0.265 e. The van der Waals surface area contributed by atoms with E-state index in [2.05, 4.69) is 0 Å². The summed E-state index contributed by atoms with van der Waals surface area (Å²) in [5.74, 6) is -0.249. The molecule has 0 aromatic rings. The number of hydrogen-bond acceptors (Lipinski definition) is 4. The van der Waals surface area contributed by atoms with Crippen LogP contribution in [0.1, 0.15) is 19.8 Å². The van der Waals surface area contributed by atoms with Crippen molar-refractivity contribution in [3.05, 3.63) is 12.3 Å². The lowest BCUT2D eigenvalue weighted by atomic mass is 10.3. The minimum atomic E-state index is -3.90. The Labute approximate surface area is 116 Å². The third-order valence-electron chi connectivity index (χ3n) is 2.59. The fraction of sp³-hybridized carbons (Fsp3) is 0.833. The van der Waals surface area contributed by atoms with E-state index in [1.807, 2.05) is 27.1 Å². The maximum Gasteiger partial charge on any atom is 0.265 e. The third-order valence-corrected chi connectivity index (χ3v) is 3.39. The average Bonchev–Trinajstić information content (AvgIpc) is 2.21. The minimum absolute atomic E-state index is 0.219. The van der Waals surface area contributed by atoms with Gasteiger partial charge in [-0.15, -0.1) is 0 Å². The van der Waals surface area contributed by atoms with Gasteiger partial charge < -0.3 is 14.3 Å². The van der Waals surface area contributed by atoms with Crippen LogP contribution in [0.25, 0.3) is 0 Å². The van der Waals surface area contributed by atoms with Gasteiger partial charge in [-0.3, -0.25) is 4.55 Å². The summed E-state index contributed by atoms with van der Waals surface area (Å²) in [6.07, 6.45) is 4.06. The molecule has 0 bridgehead atoms. The molecule has 0 aromatic carbocycles. The van der Waals surface area contributed by atoms with Gasteiger partial charge in [-0.2, -0.15) is 8.42 Å². The standard InChI is InChI=1S/C12H25NO5S/c1-4-5-8-18-11-12(14)10-13(2,3)7-6-9-19(15,16)17/h5,8,12,14H,4,6-7,9-11H2,1-3H3/p+1. The van der Waals surface area contributed by atoms with Crippen molar-refractivity contribution in [2.75, 3.05) is 39.5 Å². The summed E-state index contributed by atoms with van der Waals surface area (Å²) in [6.45, 7) is 3.23. The first kappa shape index (κ1) is 18.4. The van der Waals surface area contributed by atoms with Crippen LogP contribution in [0.2, 0.25) is 0 Å². The topological polar surface area (TPSA) is 83.8 Å². The quantitative estimate of drug-likeness (QED) is 0.351. The van der Waals surface area contributed by atoms with Crippen molar-refractivity contribution >= 4 is 10.1 Å². The average molecular weight is 296 g/mol. The summed E-state index contributed by atoms with van der Waals surface area (Å²) < 4.78 is 35.5.